The van der Waals surface area contributed by atoms with Crippen molar-refractivity contribution in [3.8, 4) is 11.4 Å². The molecule has 2 aromatic rings. The number of carbonyl (C=O) groups excluding carboxylic acids is 2. The second-order valence-electron chi connectivity index (χ2n) is 5.60. The molecule has 1 aromatic carbocycles. The van der Waals surface area contributed by atoms with Crippen LogP contribution in [-0.2, 0) is 9.53 Å². The molecule has 1 aliphatic rings. The zero-order valence-electron chi connectivity index (χ0n) is 13.5. The van der Waals surface area contributed by atoms with E-state index in [4.69, 9.17) is 9.26 Å². The minimum absolute atomic E-state index is 0.0536. The van der Waals surface area contributed by atoms with Gasteiger partial charge in [-0.1, -0.05) is 29.4 Å². The molecule has 8 heteroatoms. The Bertz CT molecular complexity index is 758. The van der Waals surface area contributed by atoms with Crippen molar-refractivity contribution in [2.75, 3.05) is 19.7 Å². The summed E-state index contributed by atoms with van der Waals surface area (Å²) in [5.74, 6) is 0.481. The number of aryl methyl sites for hydroxylation is 1. The fourth-order valence-electron chi connectivity index (χ4n) is 2.44. The summed E-state index contributed by atoms with van der Waals surface area (Å²) in [6.07, 6.45) is -0.475. The minimum atomic E-state index is -0.475. The molecule has 2 heterocycles. The third-order valence-corrected chi connectivity index (χ3v) is 3.76. The van der Waals surface area contributed by atoms with Gasteiger partial charge in [0.15, 0.2) is 0 Å². The first kappa shape index (κ1) is 16.0. The first-order valence-corrected chi connectivity index (χ1v) is 7.65. The lowest BCUT2D eigenvalue weighted by atomic mass is 10.1. The van der Waals surface area contributed by atoms with Gasteiger partial charge in [-0.25, -0.2) is 4.79 Å². The van der Waals surface area contributed by atoms with Crippen molar-refractivity contribution < 1.29 is 18.8 Å². The van der Waals surface area contributed by atoms with Gasteiger partial charge in [-0.2, -0.15) is 4.98 Å². The monoisotopic (exact) mass is 330 g/mol. The van der Waals surface area contributed by atoms with E-state index in [0.29, 0.717) is 24.9 Å². The van der Waals surface area contributed by atoms with Gasteiger partial charge >= 0.3 is 6.09 Å². The van der Waals surface area contributed by atoms with Crippen molar-refractivity contribution in [3.63, 3.8) is 0 Å². The topological polar surface area (TPSA) is 97.6 Å². The Balaban J connectivity index is 1.63. The van der Waals surface area contributed by atoms with Gasteiger partial charge in [0.25, 0.3) is 0 Å². The van der Waals surface area contributed by atoms with E-state index in [-0.39, 0.29) is 12.5 Å². The average Bonchev–Trinajstić information content (AvgIpc) is 3.18. The lowest BCUT2D eigenvalue weighted by molar-refractivity contribution is -0.122. The van der Waals surface area contributed by atoms with Gasteiger partial charge in [-0.3, -0.25) is 9.69 Å². The second-order valence-corrected chi connectivity index (χ2v) is 5.60. The van der Waals surface area contributed by atoms with Crippen molar-refractivity contribution >= 4 is 12.0 Å². The van der Waals surface area contributed by atoms with Crippen LogP contribution in [0, 0.1) is 6.92 Å². The van der Waals surface area contributed by atoms with E-state index in [1.165, 1.54) is 4.90 Å². The number of benzene rings is 1. The van der Waals surface area contributed by atoms with Gasteiger partial charge in [-0.15, -0.1) is 0 Å². The van der Waals surface area contributed by atoms with Crippen LogP contribution in [0.3, 0.4) is 0 Å². The summed E-state index contributed by atoms with van der Waals surface area (Å²) >= 11 is 0. The SMILES string of the molecule is Cc1ccccc1-c1noc([C@@H](C)NC(=O)CN2CCOC2=O)n1. The van der Waals surface area contributed by atoms with Gasteiger partial charge < -0.3 is 14.6 Å². The highest BCUT2D eigenvalue weighted by Gasteiger charge is 2.25. The molecule has 0 saturated carbocycles. The Morgan fingerprint density at radius 3 is 2.92 bits per heavy atom. The predicted molar refractivity (Wildman–Crippen MR) is 83.9 cm³/mol. The molecule has 1 aromatic heterocycles. The zero-order valence-corrected chi connectivity index (χ0v) is 13.5. The molecule has 24 heavy (non-hydrogen) atoms. The second kappa shape index (κ2) is 6.69. The van der Waals surface area contributed by atoms with Crippen LogP contribution in [0.5, 0.6) is 0 Å². The molecule has 1 aliphatic heterocycles. The lowest BCUT2D eigenvalue weighted by Crippen LogP contribution is -2.38. The van der Waals surface area contributed by atoms with E-state index >= 15 is 0 Å². The van der Waals surface area contributed by atoms with Crippen LogP contribution < -0.4 is 5.32 Å². The summed E-state index contributed by atoms with van der Waals surface area (Å²) in [6, 6.07) is 7.25. The van der Waals surface area contributed by atoms with E-state index < -0.39 is 12.1 Å². The van der Waals surface area contributed by atoms with Gasteiger partial charge in [0, 0.05) is 5.56 Å². The Morgan fingerprint density at radius 2 is 2.21 bits per heavy atom. The molecule has 0 spiro atoms. The summed E-state index contributed by atoms with van der Waals surface area (Å²) in [6.45, 7) is 4.38. The number of amides is 2. The minimum Gasteiger partial charge on any atom is -0.448 e. The molecule has 2 amide bonds. The Labute approximate surface area is 138 Å². The highest BCUT2D eigenvalue weighted by molar-refractivity contribution is 5.83. The van der Waals surface area contributed by atoms with Crippen molar-refractivity contribution in [1.29, 1.82) is 0 Å². The van der Waals surface area contributed by atoms with Crippen LogP contribution in [0.25, 0.3) is 11.4 Å². The summed E-state index contributed by atoms with van der Waals surface area (Å²) in [5, 5.41) is 6.71. The number of cyclic esters (lactones) is 1. The van der Waals surface area contributed by atoms with Crippen LogP contribution in [0.15, 0.2) is 28.8 Å². The molecule has 1 fully saturated rings. The van der Waals surface area contributed by atoms with Crippen molar-refractivity contribution in [2.24, 2.45) is 0 Å². The number of nitrogens with one attached hydrogen (secondary N) is 1. The third kappa shape index (κ3) is 3.37. The van der Waals surface area contributed by atoms with E-state index in [9.17, 15) is 9.59 Å². The average molecular weight is 330 g/mol. The predicted octanol–water partition coefficient (Wildman–Crippen LogP) is 1.67. The Hall–Kier alpha value is -2.90. The van der Waals surface area contributed by atoms with E-state index in [2.05, 4.69) is 15.5 Å². The molecule has 1 N–H and O–H groups in total. The highest BCUT2D eigenvalue weighted by atomic mass is 16.6. The summed E-state index contributed by atoms with van der Waals surface area (Å²) < 4.78 is 10.0. The van der Waals surface area contributed by atoms with Gasteiger partial charge in [0.2, 0.25) is 17.6 Å². The summed E-state index contributed by atoms with van der Waals surface area (Å²) in [5.41, 5.74) is 1.92. The number of rotatable bonds is 5. The number of carbonyl (C=O) groups is 2. The molecule has 0 radical (unpaired) electrons. The number of hydrogen-bond acceptors (Lipinski definition) is 6. The standard InChI is InChI=1S/C16H18N4O4/c1-10-5-3-4-6-12(10)14-18-15(24-19-14)11(2)17-13(21)9-20-7-8-23-16(20)22/h3-6,11H,7-9H2,1-2H3,(H,17,21)/t11-/m1/s1. The molecular weight excluding hydrogens is 312 g/mol. The molecule has 126 valence electrons. The first-order valence-electron chi connectivity index (χ1n) is 7.65. The maximum atomic E-state index is 12.0. The molecule has 8 nitrogen and oxygen atoms in total. The molecule has 1 saturated heterocycles. The normalized spacial score (nSPS) is 15.2. The maximum Gasteiger partial charge on any atom is 0.410 e. The lowest BCUT2D eigenvalue weighted by Gasteiger charge is -2.14. The quantitative estimate of drug-likeness (QED) is 0.895. The number of nitrogens with zero attached hydrogens (tertiary/aromatic N) is 3. The third-order valence-electron chi connectivity index (χ3n) is 3.76. The fourth-order valence-corrected chi connectivity index (χ4v) is 2.44. The van der Waals surface area contributed by atoms with E-state index in [1.54, 1.807) is 6.92 Å². The number of ether oxygens (including phenoxy) is 1. The Morgan fingerprint density at radius 1 is 1.42 bits per heavy atom. The number of hydrogen-bond donors (Lipinski definition) is 1. The molecule has 0 unspecified atom stereocenters. The molecule has 0 bridgehead atoms. The first-order chi connectivity index (χ1) is 11.5. The van der Waals surface area contributed by atoms with Gasteiger partial charge in [0.1, 0.15) is 19.2 Å². The van der Waals surface area contributed by atoms with Crippen LogP contribution >= 0.6 is 0 Å². The Kier molecular flexibility index (Phi) is 4.45. The summed E-state index contributed by atoms with van der Waals surface area (Å²) in [7, 11) is 0. The zero-order chi connectivity index (χ0) is 17.1. The van der Waals surface area contributed by atoms with Crippen LogP contribution in [0.2, 0.25) is 0 Å². The maximum absolute atomic E-state index is 12.0. The fraction of sp³-hybridized carbons (Fsp3) is 0.375. The van der Waals surface area contributed by atoms with E-state index in [1.807, 2.05) is 31.2 Å². The molecule has 1 atom stereocenters. The van der Waals surface area contributed by atoms with E-state index in [0.717, 1.165) is 11.1 Å². The van der Waals surface area contributed by atoms with Crippen LogP contribution in [0.4, 0.5) is 4.79 Å². The van der Waals surface area contributed by atoms with Gasteiger partial charge in [-0.05, 0) is 19.4 Å². The van der Waals surface area contributed by atoms with Crippen molar-refractivity contribution in [1.82, 2.24) is 20.4 Å². The summed E-state index contributed by atoms with van der Waals surface area (Å²) in [4.78, 5) is 29.0. The highest BCUT2D eigenvalue weighted by Crippen LogP contribution is 2.21. The largest absolute Gasteiger partial charge is 0.448 e. The van der Waals surface area contributed by atoms with Crippen LogP contribution in [-0.4, -0.2) is 46.7 Å². The van der Waals surface area contributed by atoms with Crippen LogP contribution in [0.1, 0.15) is 24.4 Å². The van der Waals surface area contributed by atoms with Gasteiger partial charge in [0.05, 0.1) is 6.54 Å². The molecule has 0 aliphatic carbocycles. The molecular formula is C16H18N4O4. The number of aromatic nitrogens is 2. The molecule has 3 rings (SSSR count). The van der Waals surface area contributed by atoms with Crippen molar-refractivity contribution in [2.45, 2.75) is 19.9 Å². The van der Waals surface area contributed by atoms with Crippen molar-refractivity contribution in [3.05, 3.63) is 35.7 Å². The smallest absolute Gasteiger partial charge is 0.410 e.